The Labute approximate surface area is 106 Å². The summed E-state index contributed by atoms with van der Waals surface area (Å²) in [7, 11) is 0. The first kappa shape index (κ1) is 11.9. The lowest BCUT2D eigenvalue weighted by molar-refractivity contribution is 0.792. The standard InChI is InChI=1S/C14H14N4/c1-3-8-18-10(2)17-13(14(18)16)12-6-4-11(9-15)5-7-12/h3-7H,1,8,16H2,2H3. The largest absolute Gasteiger partial charge is 0.383 e. The van der Waals surface area contributed by atoms with E-state index in [4.69, 9.17) is 11.0 Å². The highest BCUT2D eigenvalue weighted by molar-refractivity contribution is 5.71. The van der Waals surface area contributed by atoms with E-state index >= 15 is 0 Å². The summed E-state index contributed by atoms with van der Waals surface area (Å²) in [4.78, 5) is 4.46. The Kier molecular flexibility index (Phi) is 3.16. The lowest BCUT2D eigenvalue weighted by Crippen LogP contribution is -2.03. The molecule has 0 aliphatic carbocycles. The van der Waals surface area contributed by atoms with Crippen LogP contribution in [0.1, 0.15) is 11.4 Å². The predicted molar refractivity (Wildman–Crippen MR) is 71.7 cm³/mol. The maximum atomic E-state index is 8.77. The van der Waals surface area contributed by atoms with Gasteiger partial charge in [0.1, 0.15) is 17.3 Å². The molecule has 0 radical (unpaired) electrons. The first-order valence-corrected chi connectivity index (χ1v) is 5.61. The molecule has 0 aliphatic heterocycles. The number of hydrogen-bond acceptors (Lipinski definition) is 3. The van der Waals surface area contributed by atoms with Crippen LogP contribution in [0.2, 0.25) is 0 Å². The van der Waals surface area contributed by atoms with E-state index in [0.29, 0.717) is 17.9 Å². The second-order valence-electron chi connectivity index (χ2n) is 3.98. The number of nitriles is 1. The summed E-state index contributed by atoms with van der Waals surface area (Å²) >= 11 is 0. The zero-order valence-corrected chi connectivity index (χ0v) is 10.2. The molecule has 2 N–H and O–H groups in total. The van der Waals surface area contributed by atoms with Gasteiger partial charge in [0.15, 0.2) is 0 Å². The van der Waals surface area contributed by atoms with E-state index in [0.717, 1.165) is 17.1 Å². The lowest BCUT2D eigenvalue weighted by atomic mass is 10.1. The summed E-state index contributed by atoms with van der Waals surface area (Å²) in [6, 6.07) is 9.32. The van der Waals surface area contributed by atoms with E-state index in [1.807, 2.05) is 23.6 Å². The third-order valence-corrected chi connectivity index (χ3v) is 2.80. The molecule has 18 heavy (non-hydrogen) atoms. The van der Waals surface area contributed by atoms with Gasteiger partial charge in [0.05, 0.1) is 11.6 Å². The molecule has 0 aliphatic rings. The molecule has 0 amide bonds. The van der Waals surface area contributed by atoms with E-state index in [1.165, 1.54) is 0 Å². The van der Waals surface area contributed by atoms with Gasteiger partial charge < -0.3 is 10.3 Å². The molecule has 90 valence electrons. The molecule has 0 atom stereocenters. The van der Waals surface area contributed by atoms with Crippen molar-refractivity contribution >= 4 is 5.82 Å². The fourth-order valence-corrected chi connectivity index (χ4v) is 1.86. The van der Waals surface area contributed by atoms with Crippen molar-refractivity contribution in [1.29, 1.82) is 5.26 Å². The molecule has 1 heterocycles. The van der Waals surface area contributed by atoms with Crippen molar-refractivity contribution in [2.75, 3.05) is 5.73 Å². The Morgan fingerprint density at radius 3 is 2.67 bits per heavy atom. The number of benzene rings is 1. The number of imidazole rings is 1. The number of hydrogen-bond donors (Lipinski definition) is 1. The van der Waals surface area contributed by atoms with Crippen LogP contribution in [0, 0.1) is 18.3 Å². The maximum Gasteiger partial charge on any atom is 0.132 e. The Morgan fingerprint density at radius 2 is 2.11 bits per heavy atom. The summed E-state index contributed by atoms with van der Waals surface area (Å²) in [5.74, 6) is 1.48. The van der Waals surface area contributed by atoms with Crippen LogP contribution in [-0.4, -0.2) is 9.55 Å². The van der Waals surface area contributed by atoms with E-state index < -0.39 is 0 Å². The fraction of sp³-hybridized carbons (Fsp3) is 0.143. The van der Waals surface area contributed by atoms with Gasteiger partial charge >= 0.3 is 0 Å². The van der Waals surface area contributed by atoms with Crippen LogP contribution in [0.25, 0.3) is 11.3 Å². The Balaban J connectivity index is 2.47. The summed E-state index contributed by atoms with van der Waals surface area (Å²) in [6.45, 7) is 6.25. The number of rotatable bonds is 3. The van der Waals surface area contributed by atoms with Gasteiger partial charge in [-0.25, -0.2) is 4.98 Å². The highest BCUT2D eigenvalue weighted by Gasteiger charge is 2.12. The molecular weight excluding hydrogens is 224 g/mol. The smallest absolute Gasteiger partial charge is 0.132 e. The van der Waals surface area contributed by atoms with Crippen molar-refractivity contribution in [2.24, 2.45) is 0 Å². The van der Waals surface area contributed by atoms with Gasteiger partial charge in [-0.05, 0) is 19.1 Å². The molecule has 0 saturated heterocycles. The van der Waals surface area contributed by atoms with Crippen LogP contribution in [0.15, 0.2) is 36.9 Å². The van der Waals surface area contributed by atoms with Crippen LogP contribution in [0.5, 0.6) is 0 Å². The molecule has 1 aromatic carbocycles. The highest BCUT2D eigenvalue weighted by Crippen LogP contribution is 2.26. The average molecular weight is 238 g/mol. The molecule has 1 aromatic heterocycles. The fourth-order valence-electron chi connectivity index (χ4n) is 1.86. The van der Waals surface area contributed by atoms with E-state index in [2.05, 4.69) is 17.6 Å². The van der Waals surface area contributed by atoms with Crippen LogP contribution >= 0.6 is 0 Å². The SMILES string of the molecule is C=CCn1c(C)nc(-c2ccc(C#N)cc2)c1N. The zero-order valence-electron chi connectivity index (χ0n) is 10.2. The molecule has 2 rings (SSSR count). The summed E-state index contributed by atoms with van der Waals surface area (Å²) in [5.41, 5.74) is 8.37. The Hall–Kier alpha value is -2.54. The molecule has 0 fully saturated rings. The van der Waals surface area contributed by atoms with Crippen molar-refractivity contribution in [1.82, 2.24) is 9.55 Å². The molecule has 0 saturated carbocycles. The summed E-state index contributed by atoms with van der Waals surface area (Å²) in [6.07, 6.45) is 1.79. The van der Waals surface area contributed by atoms with Crippen molar-refractivity contribution in [2.45, 2.75) is 13.5 Å². The summed E-state index contributed by atoms with van der Waals surface area (Å²) < 4.78 is 1.90. The minimum Gasteiger partial charge on any atom is -0.383 e. The quantitative estimate of drug-likeness (QED) is 0.835. The molecule has 0 spiro atoms. The van der Waals surface area contributed by atoms with E-state index in [-0.39, 0.29) is 0 Å². The van der Waals surface area contributed by atoms with Gasteiger partial charge in [-0.15, -0.1) is 6.58 Å². The van der Waals surface area contributed by atoms with Crippen molar-refractivity contribution in [3.05, 3.63) is 48.3 Å². The van der Waals surface area contributed by atoms with Gasteiger partial charge in [0.25, 0.3) is 0 Å². The number of anilines is 1. The van der Waals surface area contributed by atoms with Crippen LogP contribution in [-0.2, 0) is 6.54 Å². The second kappa shape index (κ2) is 4.76. The number of nitrogen functional groups attached to an aromatic ring is 1. The van der Waals surface area contributed by atoms with Crippen LogP contribution < -0.4 is 5.73 Å². The lowest BCUT2D eigenvalue weighted by Gasteiger charge is -2.04. The average Bonchev–Trinajstić information content (AvgIpc) is 2.67. The number of allylic oxidation sites excluding steroid dienone is 1. The van der Waals surface area contributed by atoms with Gasteiger partial charge in [0.2, 0.25) is 0 Å². The van der Waals surface area contributed by atoms with Crippen molar-refractivity contribution in [3.8, 4) is 17.3 Å². The maximum absolute atomic E-state index is 8.77. The second-order valence-corrected chi connectivity index (χ2v) is 3.98. The highest BCUT2D eigenvalue weighted by atomic mass is 15.1. The molecule has 0 bridgehead atoms. The molecule has 4 nitrogen and oxygen atoms in total. The summed E-state index contributed by atoms with van der Waals surface area (Å²) in [5, 5.41) is 8.77. The predicted octanol–water partition coefficient (Wildman–Crippen LogP) is 2.50. The molecular formula is C14H14N4. The van der Waals surface area contributed by atoms with Gasteiger partial charge in [-0.1, -0.05) is 18.2 Å². The van der Waals surface area contributed by atoms with E-state index in [9.17, 15) is 0 Å². The topological polar surface area (TPSA) is 67.6 Å². The number of nitrogens with two attached hydrogens (primary N) is 1. The minimum absolute atomic E-state index is 0.622. The number of aromatic nitrogens is 2. The third kappa shape index (κ3) is 1.98. The van der Waals surface area contributed by atoms with Gasteiger partial charge in [-0.2, -0.15) is 5.26 Å². The zero-order chi connectivity index (χ0) is 13.1. The minimum atomic E-state index is 0.622. The monoisotopic (exact) mass is 238 g/mol. The van der Waals surface area contributed by atoms with Crippen LogP contribution in [0.3, 0.4) is 0 Å². The molecule has 0 unspecified atom stereocenters. The molecule has 4 heteroatoms. The van der Waals surface area contributed by atoms with Crippen molar-refractivity contribution < 1.29 is 0 Å². The normalized spacial score (nSPS) is 10.0. The third-order valence-electron chi connectivity index (χ3n) is 2.80. The number of nitrogens with zero attached hydrogens (tertiary/aromatic N) is 3. The molecule has 2 aromatic rings. The first-order chi connectivity index (χ1) is 8.67. The van der Waals surface area contributed by atoms with E-state index in [1.54, 1.807) is 18.2 Å². The van der Waals surface area contributed by atoms with Crippen LogP contribution in [0.4, 0.5) is 5.82 Å². The van der Waals surface area contributed by atoms with Crippen molar-refractivity contribution in [3.63, 3.8) is 0 Å². The van der Waals surface area contributed by atoms with Gasteiger partial charge in [-0.3, -0.25) is 0 Å². The Bertz CT molecular complexity index is 614. The number of aryl methyl sites for hydroxylation is 1. The first-order valence-electron chi connectivity index (χ1n) is 5.61. The van der Waals surface area contributed by atoms with Gasteiger partial charge in [0, 0.05) is 12.1 Å². The Morgan fingerprint density at radius 1 is 1.44 bits per heavy atom.